The summed E-state index contributed by atoms with van der Waals surface area (Å²) in [7, 11) is -2.18. The van der Waals surface area contributed by atoms with Gasteiger partial charge >= 0.3 is 6.09 Å². The number of benzene rings is 2. The molecule has 33 heavy (non-hydrogen) atoms. The van der Waals surface area contributed by atoms with Gasteiger partial charge in [0.1, 0.15) is 0 Å². The monoisotopic (exact) mass is 470 g/mol. The third-order valence-corrected chi connectivity index (χ3v) is 11.5. The van der Waals surface area contributed by atoms with E-state index >= 15 is 0 Å². The molecular formula is C25H34N2O5Si. The fraction of sp³-hybridized carbons (Fsp3) is 0.480. The summed E-state index contributed by atoms with van der Waals surface area (Å²) in [4.78, 5) is 24.5. The quantitative estimate of drug-likeness (QED) is 0.287. The number of hydrogen-bond acceptors (Lipinski definition) is 4. The van der Waals surface area contributed by atoms with Gasteiger partial charge in [-0.2, -0.15) is 0 Å². The Bertz CT molecular complexity index is 973. The van der Waals surface area contributed by atoms with Crippen molar-refractivity contribution in [3.63, 3.8) is 0 Å². The largest absolute Gasteiger partial charge is 0.465 e. The zero-order chi connectivity index (χ0) is 24.4. The van der Waals surface area contributed by atoms with Crippen molar-refractivity contribution in [3.05, 3.63) is 75.8 Å². The van der Waals surface area contributed by atoms with E-state index in [1.165, 1.54) is 12.1 Å². The van der Waals surface area contributed by atoms with Crippen molar-refractivity contribution in [2.75, 3.05) is 0 Å². The van der Waals surface area contributed by atoms with E-state index in [9.17, 15) is 20.0 Å². The molecule has 0 bridgehead atoms. The molecule has 8 heteroatoms. The van der Waals surface area contributed by atoms with Crippen molar-refractivity contribution in [3.8, 4) is 0 Å². The van der Waals surface area contributed by atoms with Gasteiger partial charge < -0.3 is 9.53 Å². The van der Waals surface area contributed by atoms with Crippen LogP contribution in [0, 0.1) is 10.1 Å². The summed E-state index contributed by atoms with van der Waals surface area (Å²) < 4.78 is 6.85. The van der Waals surface area contributed by atoms with Crippen LogP contribution in [0.25, 0.3) is 0 Å². The Morgan fingerprint density at radius 3 is 2.27 bits per heavy atom. The Morgan fingerprint density at radius 2 is 1.76 bits per heavy atom. The second kappa shape index (κ2) is 9.65. The number of likely N-dealkylation sites (tertiary alicyclic amines) is 1. The molecule has 0 aliphatic carbocycles. The van der Waals surface area contributed by atoms with E-state index in [1.54, 1.807) is 17.0 Å². The van der Waals surface area contributed by atoms with Gasteiger partial charge in [0.25, 0.3) is 5.69 Å². The highest BCUT2D eigenvalue weighted by molar-refractivity contribution is 6.74. The normalized spacial score (nSPS) is 20.0. The van der Waals surface area contributed by atoms with Crippen LogP contribution < -0.4 is 0 Å². The summed E-state index contributed by atoms with van der Waals surface area (Å²) in [5, 5.41) is 21.1. The molecule has 1 amide bonds. The number of rotatable bonds is 7. The highest BCUT2D eigenvalue weighted by Crippen LogP contribution is 2.44. The molecule has 3 rings (SSSR count). The van der Waals surface area contributed by atoms with Crippen LogP contribution in [-0.4, -0.2) is 41.4 Å². The topological polar surface area (TPSA) is 92.9 Å². The van der Waals surface area contributed by atoms with E-state index in [0.29, 0.717) is 12.8 Å². The molecule has 1 aliphatic rings. The van der Waals surface area contributed by atoms with Crippen molar-refractivity contribution in [1.29, 1.82) is 0 Å². The summed E-state index contributed by atoms with van der Waals surface area (Å²) >= 11 is 0. The van der Waals surface area contributed by atoms with Gasteiger partial charge in [0.05, 0.1) is 17.1 Å². The molecule has 3 atom stereocenters. The first kappa shape index (κ1) is 24.9. The first-order chi connectivity index (χ1) is 15.4. The summed E-state index contributed by atoms with van der Waals surface area (Å²) in [6, 6.07) is 15.8. The molecule has 0 unspecified atom stereocenters. The summed E-state index contributed by atoms with van der Waals surface area (Å²) in [6.45, 7) is 10.9. The van der Waals surface area contributed by atoms with E-state index < -0.39 is 19.3 Å². The molecule has 0 aromatic heterocycles. The first-order valence-corrected chi connectivity index (χ1v) is 14.3. The average molecular weight is 471 g/mol. The Labute approximate surface area is 196 Å². The second-order valence-corrected chi connectivity index (χ2v) is 15.1. The number of nitro groups is 1. The summed E-state index contributed by atoms with van der Waals surface area (Å²) in [5.41, 5.74) is 1.92. The summed E-state index contributed by atoms with van der Waals surface area (Å²) in [6.07, 6.45) is 0.646. The van der Waals surface area contributed by atoms with Gasteiger partial charge in [-0.3, -0.25) is 15.0 Å². The molecule has 1 saturated heterocycles. The number of carboxylic acid groups (broad SMARTS) is 1. The van der Waals surface area contributed by atoms with Crippen LogP contribution in [0.2, 0.25) is 18.1 Å². The third kappa shape index (κ3) is 5.62. The summed E-state index contributed by atoms with van der Waals surface area (Å²) in [5.74, 6) is 0. The first-order valence-electron chi connectivity index (χ1n) is 11.4. The number of nitro benzene ring substituents is 1. The van der Waals surface area contributed by atoms with Crippen molar-refractivity contribution in [2.24, 2.45) is 0 Å². The molecule has 2 aromatic rings. The Morgan fingerprint density at radius 1 is 1.15 bits per heavy atom. The molecule has 1 N–H and O–H groups in total. The SMILES string of the molecule is CC(C)(C)[Si](C)(C)O[C@H](c1ccccc1)[C@H]1CC[C@@H](Cc2ccc([N+](=O)[O-])cc2)N1C(=O)O. The van der Waals surface area contributed by atoms with Crippen LogP contribution in [0.1, 0.15) is 50.8 Å². The van der Waals surface area contributed by atoms with Gasteiger partial charge in [-0.15, -0.1) is 0 Å². The maximum atomic E-state index is 12.4. The molecule has 1 fully saturated rings. The molecule has 1 heterocycles. The van der Waals surface area contributed by atoms with E-state index in [0.717, 1.165) is 17.5 Å². The van der Waals surface area contributed by atoms with Crippen LogP contribution in [0.3, 0.4) is 0 Å². The van der Waals surface area contributed by atoms with Crippen molar-refractivity contribution in [2.45, 2.75) is 76.4 Å². The van der Waals surface area contributed by atoms with E-state index in [4.69, 9.17) is 4.43 Å². The van der Waals surface area contributed by atoms with Crippen LogP contribution in [0.15, 0.2) is 54.6 Å². The predicted octanol–water partition coefficient (Wildman–Crippen LogP) is 6.41. The van der Waals surface area contributed by atoms with E-state index in [1.807, 2.05) is 30.3 Å². The van der Waals surface area contributed by atoms with Gasteiger partial charge in [-0.05, 0) is 48.5 Å². The molecule has 7 nitrogen and oxygen atoms in total. The highest BCUT2D eigenvalue weighted by Gasteiger charge is 2.46. The number of non-ortho nitro benzene ring substituents is 1. The molecule has 1 aliphatic heterocycles. The van der Waals surface area contributed by atoms with Gasteiger partial charge in [-0.1, -0.05) is 63.2 Å². The Kier molecular flexibility index (Phi) is 7.28. The van der Waals surface area contributed by atoms with Gasteiger partial charge in [0.15, 0.2) is 8.32 Å². The van der Waals surface area contributed by atoms with E-state index in [2.05, 4.69) is 33.9 Å². The smallest absolute Gasteiger partial charge is 0.407 e. The lowest BCUT2D eigenvalue weighted by atomic mass is 10.0. The molecule has 0 radical (unpaired) electrons. The average Bonchev–Trinajstić information content (AvgIpc) is 3.15. The lowest BCUT2D eigenvalue weighted by Gasteiger charge is -2.42. The minimum atomic E-state index is -2.18. The fourth-order valence-electron chi connectivity index (χ4n) is 4.24. The minimum absolute atomic E-state index is 0.00908. The Balaban J connectivity index is 1.90. The maximum Gasteiger partial charge on any atom is 0.407 e. The standard InChI is InChI=1S/C25H34N2O5Si/c1-25(2,3)33(4,5)32-23(19-9-7-6-8-10-19)22-16-15-21(26(22)24(28)29)17-18-11-13-20(14-12-18)27(30)31/h6-14,21-23H,15-17H2,1-5H3,(H,28,29)/t21-,22+,23+/m0/s1. The molecule has 0 spiro atoms. The van der Waals surface area contributed by atoms with Crippen molar-refractivity contribution >= 4 is 20.1 Å². The zero-order valence-electron chi connectivity index (χ0n) is 20.0. The Hall–Kier alpha value is -2.71. The fourth-order valence-corrected chi connectivity index (χ4v) is 5.52. The van der Waals surface area contributed by atoms with Gasteiger partial charge in [0, 0.05) is 18.2 Å². The van der Waals surface area contributed by atoms with Gasteiger partial charge in [-0.25, -0.2) is 4.79 Å². The third-order valence-electron chi connectivity index (χ3n) is 7.09. The number of hydrogen-bond donors (Lipinski definition) is 1. The predicted molar refractivity (Wildman–Crippen MR) is 131 cm³/mol. The van der Waals surface area contributed by atoms with Crippen molar-refractivity contribution < 1.29 is 19.3 Å². The molecule has 2 aromatic carbocycles. The zero-order valence-corrected chi connectivity index (χ0v) is 21.0. The molecular weight excluding hydrogens is 436 g/mol. The lowest BCUT2D eigenvalue weighted by molar-refractivity contribution is -0.384. The number of nitrogens with zero attached hydrogens (tertiary/aromatic N) is 2. The number of carbonyl (C=O) groups is 1. The van der Waals surface area contributed by atoms with Gasteiger partial charge in [0.2, 0.25) is 0 Å². The van der Waals surface area contributed by atoms with Crippen molar-refractivity contribution in [1.82, 2.24) is 4.90 Å². The minimum Gasteiger partial charge on any atom is -0.465 e. The second-order valence-electron chi connectivity index (χ2n) is 10.3. The molecule has 0 saturated carbocycles. The number of amides is 1. The van der Waals surface area contributed by atoms with Crippen LogP contribution >= 0.6 is 0 Å². The lowest BCUT2D eigenvalue weighted by Crippen LogP contribution is -2.49. The maximum absolute atomic E-state index is 12.4. The van der Waals surface area contributed by atoms with E-state index in [-0.39, 0.29) is 28.9 Å². The van der Waals surface area contributed by atoms with Crippen LogP contribution in [0.5, 0.6) is 0 Å². The molecule has 178 valence electrons. The van der Waals surface area contributed by atoms with Crippen LogP contribution in [0.4, 0.5) is 10.5 Å². The highest BCUT2D eigenvalue weighted by atomic mass is 28.4. The van der Waals surface area contributed by atoms with Crippen LogP contribution in [-0.2, 0) is 10.8 Å².